The number of aromatic nitrogens is 5. The van der Waals surface area contributed by atoms with Crippen LogP contribution in [0.3, 0.4) is 0 Å². The normalized spacial score (nSPS) is 21.4. The van der Waals surface area contributed by atoms with Crippen LogP contribution in [-0.2, 0) is 6.54 Å². The van der Waals surface area contributed by atoms with Gasteiger partial charge in [0.15, 0.2) is 5.82 Å². The van der Waals surface area contributed by atoms with Crippen LogP contribution in [0.25, 0.3) is 22.9 Å². The Balaban J connectivity index is 1.54. The first-order valence-electron chi connectivity index (χ1n) is 10.2. The average Bonchev–Trinajstić information content (AvgIpc) is 3.32. The highest BCUT2D eigenvalue weighted by Gasteiger charge is 2.27. The van der Waals surface area contributed by atoms with Gasteiger partial charge in [0.25, 0.3) is 0 Å². The van der Waals surface area contributed by atoms with Gasteiger partial charge in [-0.3, -0.25) is 0 Å². The topological polar surface area (TPSA) is 90.0 Å². The second-order valence-corrected chi connectivity index (χ2v) is 8.04. The molecule has 0 amide bonds. The monoisotopic (exact) mass is 394 g/mol. The van der Waals surface area contributed by atoms with Crippen molar-refractivity contribution in [3.05, 3.63) is 36.3 Å². The molecule has 152 valence electrons. The summed E-state index contributed by atoms with van der Waals surface area (Å²) in [5.41, 5.74) is 2.91. The summed E-state index contributed by atoms with van der Waals surface area (Å²) >= 11 is 0. The molecule has 0 aliphatic carbocycles. The minimum atomic E-state index is -0.372. The molecule has 1 saturated heterocycles. The first-order chi connectivity index (χ1) is 14.1. The van der Waals surface area contributed by atoms with Crippen molar-refractivity contribution in [3.8, 4) is 28.7 Å². The van der Waals surface area contributed by atoms with Crippen molar-refractivity contribution < 1.29 is 9.84 Å². The number of benzene rings is 1. The molecule has 1 aromatic carbocycles. The van der Waals surface area contributed by atoms with Crippen LogP contribution in [0.15, 0.2) is 30.7 Å². The van der Waals surface area contributed by atoms with Crippen molar-refractivity contribution in [2.45, 2.75) is 44.9 Å². The molecule has 2 aromatic heterocycles. The van der Waals surface area contributed by atoms with Crippen molar-refractivity contribution in [2.75, 3.05) is 19.7 Å². The number of imidazole rings is 1. The lowest BCUT2D eigenvalue weighted by molar-refractivity contribution is 0.118. The Bertz CT molecular complexity index is 1020. The fourth-order valence-electron chi connectivity index (χ4n) is 4.28. The molecule has 2 aliphatic heterocycles. The molecule has 2 aliphatic rings. The van der Waals surface area contributed by atoms with E-state index < -0.39 is 0 Å². The molecule has 2 N–H and O–H groups in total. The third kappa shape index (κ3) is 3.22. The summed E-state index contributed by atoms with van der Waals surface area (Å²) in [6, 6.07) is 6.46. The van der Waals surface area contributed by atoms with Crippen LogP contribution >= 0.6 is 0 Å². The van der Waals surface area contributed by atoms with Crippen molar-refractivity contribution in [2.24, 2.45) is 0 Å². The number of ether oxygens (including phenoxy) is 1. The van der Waals surface area contributed by atoms with Gasteiger partial charge in [0, 0.05) is 24.7 Å². The first-order valence-corrected chi connectivity index (χ1v) is 10.2. The number of hydrogen-bond acceptors (Lipinski definition) is 6. The lowest BCUT2D eigenvalue weighted by atomic mass is 9.87. The number of fused-ring (bicyclic) bond motifs is 3. The van der Waals surface area contributed by atoms with E-state index in [1.807, 2.05) is 10.9 Å². The van der Waals surface area contributed by atoms with Gasteiger partial charge in [-0.25, -0.2) is 14.6 Å². The van der Waals surface area contributed by atoms with E-state index in [9.17, 15) is 5.11 Å². The molecule has 4 heterocycles. The molecule has 8 nitrogen and oxygen atoms in total. The summed E-state index contributed by atoms with van der Waals surface area (Å²) in [7, 11) is 0. The summed E-state index contributed by atoms with van der Waals surface area (Å²) in [5.74, 6) is 2.61. The van der Waals surface area contributed by atoms with Gasteiger partial charge in [0.05, 0.1) is 18.2 Å². The maximum atomic E-state index is 10.4. The number of piperidine rings is 1. The predicted octanol–water partition coefficient (Wildman–Crippen LogP) is 2.22. The van der Waals surface area contributed by atoms with E-state index in [1.165, 1.54) is 0 Å². The van der Waals surface area contributed by atoms with Crippen molar-refractivity contribution >= 4 is 0 Å². The lowest BCUT2D eigenvalue weighted by Gasteiger charge is -2.29. The van der Waals surface area contributed by atoms with Gasteiger partial charge in [0.2, 0.25) is 0 Å². The quantitative estimate of drug-likeness (QED) is 0.708. The molecule has 0 unspecified atom stereocenters. The minimum absolute atomic E-state index is 0.133. The van der Waals surface area contributed by atoms with E-state index >= 15 is 0 Å². The highest BCUT2D eigenvalue weighted by molar-refractivity contribution is 5.69. The highest BCUT2D eigenvalue weighted by atomic mass is 16.5. The van der Waals surface area contributed by atoms with E-state index in [0.29, 0.717) is 13.2 Å². The van der Waals surface area contributed by atoms with E-state index in [2.05, 4.69) is 52.0 Å². The molecule has 0 radical (unpaired) electrons. The molecular formula is C21H26N6O2. The first kappa shape index (κ1) is 18.3. The Hall–Kier alpha value is -2.71. The molecule has 0 spiro atoms. The van der Waals surface area contributed by atoms with Crippen LogP contribution < -0.4 is 10.1 Å². The number of β-amino-alcohol motifs (C(OH)–C–C–N with tert-alkyl or cyclic N) is 1. The van der Waals surface area contributed by atoms with Crippen molar-refractivity contribution in [3.63, 3.8) is 0 Å². The van der Waals surface area contributed by atoms with E-state index in [-0.39, 0.29) is 18.1 Å². The smallest absolute Gasteiger partial charge is 0.178 e. The lowest BCUT2D eigenvalue weighted by Crippen LogP contribution is -2.39. The summed E-state index contributed by atoms with van der Waals surface area (Å²) in [4.78, 5) is 9.32. The maximum Gasteiger partial charge on any atom is 0.178 e. The zero-order valence-electron chi connectivity index (χ0n) is 16.7. The number of rotatable bonds is 3. The van der Waals surface area contributed by atoms with Gasteiger partial charge in [-0.05, 0) is 44.5 Å². The molecule has 8 heteroatoms. The number of hydrogen-bond donors (Lipinski definition) is 2. The Labute approximate surface area is 169 Å². The Kier molecular flexibility index (Phi) is 4.60. The number of nitrogens with zero attached hydrogens (tertiary/aromatic N) is 5. The van der Waals surface area contributed by atoms with E-state index in [1.54, 1.807) is 6.33 Å². The fraction of sp³-hybridized carbons (Fsp3) is 0.476. The van der Waals surface area contributed by atoms with Crippen LogP contribution in [-0.4, -0.2) is 55.2 Å². The molecule has 3 aromatic rings. The van der Waals surface area contributed by atoms with Crippen LogP contribution in [0.5, 0.6) is 5.75 Å². The van der Waals surface area contributed by atoms with Gasteiger partial charge in [-0.2, -0.15) is 5.10 Å². The van der Waals surface area contributed by atoms with Gasteiger partial charge < -0.3 is 19.7 Å². The summed E-state index contributed by atoms with van der Waals surface area (Å²) < 4.78 is 10.1. The standard InChI is InChI=1S/C21H26N6O2/c1-13(2)27-21(23-12-24-27)17-11-26-7-8-29-19-9-14(3-4-16(19)20(26)25-17)15-5-6-22-10-18(15)28/h3-4,9,11-13,15,18,22,28H,5-8,10H2,1-2H3/t15-,18-/m0/s1. The SMILES string of the molecule is CC(C)n1ncnc1-c1cn2c(n1)-c1ccc([C@@H]3CCNC[C@@H]3O)cc1OCC2. The average molecular weight is 394 g/mol. The third-order valence-corrected chi connectivity index (χ3v) is 5.78. The molecule has 5 rings (SSSR count). The zero-order valence-corrected chi connectivity index (χ0v) is 16.7. The Morgan fingerprint density at radius 2 is 2.17 bits per heavy atom. The molecule has 1 fully saturated rings. The van der Waals surface area contributed by atoms with Gasteiger partial charge in [0.1, 0.15) is 30.2 Å². The Morgan fingerprint density at radius 1 is 1.28 bits per heavy atom. The van der Waals surface area contributed by atoms with E-state index in [0.717, 1.165) is 53.7 Å². The second-order valence-electron chi connectivity index (χ2n) is 8.04. The molecule has 0 saturated carbocycles. The summed E-state index contributed by atoms with van der Waals surface area (Å²) in [6.07, 6.45) is 4.15. The second kappa shape index (κ2) is 7.27. The minimum Gasteiger partial charge on any atom is -0.491 e. The zero-order chi connectivity index (χ0) is 20.0. The highest BCUT2D eigenvalue weighted by Crippen LogP contribution is 2.37. The van der Waals surface area contributed by atoms with Crippen LogP contribution in [0.2, 0.25) is 0 Å². The third-order valence-electron chi connectivity index (χ3n) is 5.78. The molecule has 2 atom stereocenters. The van der Waals surface area contributed by atoms with Crippen LogP contribution in [0, 0.1) is 0 Å². The summed E-state index contributed by atoms with van der Waals surface area (Å²) in [6.45, 7) is 7.01. The van der Waals surface area contributed by atoms with Gasteiger partial charge in [-0.1, -0.05) is 6.07 Å². The van der Waals surface area contributed by atoms with Gasteiger partial charge in [-0.15, -0.1) is 0 Å². The number of aliphatic hydroxyl groups excluding tert-OH is 1. The van der Waals surface area contributed by atoms with Gasteiger partial charge >= 0.3 is 0 Å². The Morgan fingerprint density at radius 3 is 3.00 bits per heavy atom. The molecule has 29 heavy (non-hydrogen) atoms. The van der Waals surface area contributed by atoms with E-state index in [4.69, 9.17) is 9.72 Å². The molecular weight excluding hydrogens is 368 g/mol. The van der Waals surface area contributed by atoms with Crippen LogP contribution in [0.4, 0.5) is 0 Å². The number of aliphatic hydroxyl groups is 1. The van der Waals surface area contributed by atoms with Crippen molar-refractivity contribution in [1.82, 2.24) is 29.6 Å². The largest absolute Gasteiger partial charge is 0.491 e. The number of nitrogens with one attached hydrogen (secondary N) is 1. The fourth-order valence-corrected chi connectivity index (χ4v) is 4.28. The maximum absolute atomic E-state index is 10.4. The van der Waals surface area contributed by atoms with Crippen molar-refractivity contribution in [1.29, 1.82) is 0 Å². The predicted molar refractivity (Wildman–Crippen MR) is 109 cm³/mol. The molecule has 0 bridgehead atoms. The van der Waals surface area contributed by atoms with Crippen LogP contribution in [0.1, 0.15) is 37.8 Å². The summed E-state index contributed by atoms with van der Waals surface area (Å²) in [5, 5.41) is 18.0.